The van der Waals surface area contributed by atoms with Crippen LogP contribution >= 0.6 is 0 Å². The lowest BCUT2D eigenvalue weighted by Crippen LogP contribution is -2.22. The van der Waals surface area contributed by atoms with E-state index in [2.05, 4.69) is 39.1 Å². The molecule has 0 saturated heterocycles. The van der Waals surface area contributed by atoms with Gasteiger partial charge in [-0.15, -0.1) is 0 Å². The van der Waals surface area contributed by atoms with Crippen molar-refractivity contribution in [2.24, 2.45) is 0 Å². The van der Waals surface area contributed by atoms with Crippen LogP contribution in [0.5, 0.6) is 0 Å². The largest absolute Gasteiger partial charge is 0.320 e. The van der Waals surface area contributed by atoms with E-state index in [1.54, 1.807) is 35.2 Å². The van der Waals surface area contributed by atoms with Gasteiger partial charge in [-0.3, -0.25) is 14.7 Å². The minimum Gasteiger partial charge on any atom is -0.320 e. The first kappa shape index (κ1) is 16.1. The Hall–Kier alpha value is -2.80. The number of carbonyl (C=O) groups is 1. The molecular weight excluding hydrogens is 304 g/mol. The number of fused-ring (bicyclic) bond motifs is 1. The van der Waals surface area contributed by atoms with Crippen molar-refractivity contribution in [1.82, 2.24) is 24.5 Å². The SMILES string of the molecule is CCN(CC)Cc1cnc2c(C(=O)Nc3cccnc3)cnn2c1. The van der Waals surface area contributed by atoms with Gasteiger partial charge in [0.15, 0.2) is 5.65 Å². The number of nitrogens with zero attached hydrogens (tertiary/aromatic N) is 5. The summed E-state index contributed by atoms with van der Waals surface area (Å²) >= 11 is 0. The molecule has 3 rings (SSSR count). The summed E-state index contributed by atoms with van der Waals surface area (Å²) in [6, 6.07) is 3.55. The molecule has 7 heteroatoms. The zero-order valence-electron chi connectivity index (χ0n) is 13.8. The van der Waals surface area contributed by atoms with Gasteiger partial charge in [0.1, 0.15) is 5.56 Å². The van der Waals surface area contributed by atoms with Crippen molar-refractivity contribution in [2.75, 3.05) is 18.4 Å². The molecule has 0 fully saturated rings. The van der Waals surface area contributed by atoms with E-state index in [0.717, 1.165) is 25.2 Å². The van der Waals surface area contributed by atoms with Gasteiger partial charge in [-0.1, -0.05) is 13.8 Å². The lowest BCUT2D eigenvalue weighted by Gasteiger charge is -2.17. The van der Waals surface area contributed by atoms with Crippen molar-refractivity contribution in [3.05, 3.63) is 54.2 Å². The number of pyridine rings is 1. The summed E-state index contributed by atoms with van der Waals surface area (Å²) in [6.07, 6.45) is 8.51. The Morgan fingerprint density at radius 3 is 2.79 bits per heavy atom. The molecule has 0 aliphatic carbocycles. The van der Waals surface area contributed by atoms with Crippen LogP contribution in [0.25, 0.3) is 5.65 Å². The van der Waals surface area contributed by atoms with Crippen molar-refractivity contribution in [2.45, 2.75) is 20.4 Å². The van der Waals surface area contributed by atoms with Gasteiger partial charge >= 0.3 is 0 Å². The molecule has 3 aromatic heterocycles. The third-order valence-corrected chi connectivity index (χ3v) is 3.87. The molecule has 1 N–H and O–H groups in total. The van der Waals surface area contributed by atoms with Gasteiger partial charge in [-0.2, -0.15) is 5.10 Å². The van der Waals surface area contributed by atoms with E-state index in [1.165, 1.54) is 6.20 Å². The number of hydrogen-bond acceptors (Lipinski definition) is 5. The minimum absolute atomic E-state index is 0.248. The van der Waals surface area contributed by atoms with Crippen LogP contribution in [0.1, 0.15) is 29.8 Å². The summed E-state index contributed by atoms with van der Waals surface area (Å²) in [4.78, 5) is 23.1. The molecule has 0 aromatic carbocycles. The maximum Gasteiger partial charge on any atom is 0.261 e. The summed E-state index contributed by atoms with van der Waals surface area (Å²) < 4.78 is 1.65. The number of aromatic nitrogens is 4. The average molecular weight is 324 g/mol. The van der Waals surface area contributed by atoms with Gasteiger partial charge in [0, 0.05) is 30.7 Å². The topological polar surface area (TPSA) is 75.4 Å². The molecule has 124 valence electrons. The van der Waals surface area contributed by atoms with E-state index in [1.807, 2.05) is 6.20 Å². The zero-order chi connectivity index (χ0) is 16.9. The predicted molar refractivity (Wildman–Crippen MR) is 91.8 cm³/mol. The fourth-order valence-corrected chi connectivity index (χ4v) is 2.50. The minimum atomic E-state index is -0.248. The molecule has 0 radical (unpaired) electrons. The Balaban J connectivity index is 1.81. The Labute approximate surface area is 140 Å². The molecule has 24 heavy (non-hydrogen) atoms. The summed E-state index contributed by atoms with van der Waals surface area (Å²) in [6.45, 7) is 7.03. The quantitative estimate of drug-likeness (QED) is 0.752. The van der Waals surface area contributed by atoms with Crippen molar-refractivity contribution in [3.8, 4) is 0 Å². The standard InChI is InChI=1S/C17H20N6O/c1-3-22(4-2)11-13-8-19-16-15(10-20-23(16)12-13)17(24)21-14-6-5-7-18-9-14/h5-10,12H,3-4,11H2,1-2H3,(H,21,24). The smallest absolute Gasteiger partial charge is 0.261 e. The molecule has 1 amide bonds. The third-order valence-electron chi connectivity index (χ3n) is 3.87. The number of carbonyl (C=O) groups excluding carboxylic acids is 1. The number of anilines is 1. The van der Waals surface area contributed by atoms with Crippen LogP contribution in [0, 0.1) is 0 Å². The van der Waals surface area contributed by atoms with E-state index < -0.39 is 0 Å². The van der Waals surface area contributed by atoms with Crippen LogP contribution in [0.15, 0.2) is 43.1 Å². The Morgan fingerprint density at radius 2 is 2.08 bits per heavy atom. The number of nitrogens with one attached hydrogen (secondary N) is 1. The van der Waals surface area contributed by atoms with E-state index in [9.17, 15) is 4.79 Å². The summed E-state index contributed by atoms with van der Waals surface area (Å²) in [5.74, 6) is -0.248. The van der Waals surface area contributed by atoms with Crippen molar-refractivity contribution < 1.29 is 4.79 Å². The second kappa shape index (κ2) is 7.18. The highest BCUT2D eigenvalue weighted by atomic mass is 16.1. The van der Waals surface area contributed by atoms with Crippen LogP contribution < -0.4 is 5.32 Å². The first-order valence-corrected chi connectivity index (χ1v) is 7.97. The maximum absolute atomic E-state index is 12.4. The predicted octanol–water partition coefficient (Wildman–Crippen LogP) is 2.22. The molecule has 0 spiro atoms. The summed E-state index contributed by atoms with van der Waals surface area (Å²) in [5, 5.41) is 7.06. The van der Waals surface area contributed by atoms with Gasteiger partial charge in [-0.05, 0) is 25.2 Å². The van der Waals surface area contributed by atoms with E-state index in [4.69, 9.17) is 0 Å². The van der Waals surface area contributed by atoms with Gasteiger partial charge in [-0.25, -0.2) is 9.50 Å². The van der Waals surface area contributed by atoms with Crippen LogP contribution in [0.2, 0.25) is 0 Å². The normalized spacial score (nSPS) is 11.1. The highest BCUT2D eigenvalue weighted by Crippen LogP contribution is 2.13. The van der Waals surface area contributed by atoms with E-state index in [0.29, 0.717) is 16.9 Å². The molecular formula is C17H20N6O. The number of hydrogen-bond donors (Lipinski definition) is 1. The Bertz CT molecular complexity index is 825. The lowest BCUT2D eigenvalue weighted by atomic mass is 10.2. The molecule has 3 heterocycles. The molecule has 0 bridgehead atoms. The van der Waals surface area contributed by atoms with Crippen LogP contribution in [-0.2, 0) is 6.54 Å². The molecule has 0 aliphatic heterocycles. The van der Waals surface area contributed by atoms with Crippen molar-refractivity contribution >= 4 is 17.2 Å². The first-order chi connectivity index (χ1) is 11.7. The van der Waals surface area contributed by atoms with Crippen LogP contribution in [-0.4, -0.2) is 43.5 Å². The van der Waals surface area contributed by atoms with Gasteiger partial charge in [0.25, 0.3) is 5.91 Å². The summed E-state index contributed by atoms with van der Waals surface area (Å²) in [7, 11) is 0. The van der Waals surface area contributed by atoms with E-state index >= 15 is 0 Å². The molecule has 0 aliphatic rings. The molecule has 0 saturated carbocycles. The number of rotatable bonds is 6. The average Bonchev–Trinajstić information content (AvgIpc) is 3.03. The summed E-state index contributed by atoms with van der Waals surface area (Å²) in [5.41, 5.74) is 2.68. The molecule has 0 atom stereocenters. The van der Waals surface area contributed by atoms with Crippen molar-refractivity contribution in [3.63, 3.8) is 0 Å². The van der Waals surface area contributed by atoms with Gasteiger partial charge in [0.2, 0.25) is 0 Å². The van der Waals surface area contributed by atoms with Crippen LogP contribution in [0.4, 0.5) is 5.69 Å². The molecule has 3 aromatic rings. The highest BCUT2D eigenvalue weighted by Gasteiger charge is 2.15. The lowest BCUT2D eigenvalue weighted by molar-refractivity contribution is 0.102. The first-order valence-electron chi connectivity index (χ1n) is 7.97. The molecule has 7 nitrogen and oxygen atoms in total. The fourth-order valence-electron chi connectivity index (χ4n) is 2.50. The molecule has 0 unspecified atom stereocenters. The monoisotopic (exact) mass is 324 g/mol. The van der Waals surface area contributed by atoms with Gasteiger partial charge in [0.05, 0.1) is 18.1 Å². The Morgan fingerprint density at radius 1 is 1.25 bits per heavy atom. The highest BCUT2D eigenvalue weighted by molar-refractivity contribution is 6.08. The Kier molecular flexibility index (Phi) is 4.81. The second-order valence-corrected chi connectivity index (χ2v) is 5.45. The zero-order valence-corrected chi connectivity index (χ0v) is 13.8. The number of amides is 1. The van der Waals surface area contributed by atoms with E-state index in [-0.39, 0.29) is 5.91 Å². The second-order valence-electron chi connectivity index (χ2n) is 5.45. The van der Waals surface area contributed by atoms with Crippen molar-refractivity contribution in [1.29, 1.82) is 0 Å². The van der Waals surface area contributed by atoms with Crippen LogP contribution in [0.3, 0.4) is 0 Å². The fraction of sp³-hybridized carbons (Fsp3) is 0.294. The third kappa shape index (κ3) is 3.41. The maximum atomic E-state index is 12.4. The van der Waals surface area contributed by atoms with Gasteiger partial charge < -0.3 is 5.32 Å².